The summed E-state index contributed by atoms with van der Waals surface area (Å²) in [6, 6.07) is 13.1. The van der Waals surface area contributed by atoms with Gasteiger partial charge in [0.2, 0.25) is 0 Å². The molecule has 0 atom stereocenters. The number of Topliss-reactive ketones (excluding diaryl/α,β-unsaturated/α-hetero) is 1. The lowest BCUT2D eigenvalue weighted by molar-refractivity contribution is 0.102. The van der Waals surface area contributed by atoms with Gasteiger partial charge in [-0.15, -0.1) is 10.2 Å². The maximum Gasteiger partial charge on any atom is 0.277 e. The zero-order valence-electron chi connectivity index (χ0n) is 17.7. The van der Waals surface area contributed by atoms with Crippen LogP contribution in [0.5, 0.6) is 17.2 Å². The summed E-state index contributed by atoms with van der Waals surface area (Å²) in [7, 11) is 0. The molecule has 0 amide bonds. The lowest BCUT2D eigenvalue weighted by atomic mass is 9.87. The number of aromatic nitrogens is 2. The van der Waals surface area contributed by atoms with Gasteiger partial charge in [0, 0.05) is 5.56 Å². The molecule has 31 heavy (non-hydrogen) atoms. The molecular weight excluding hydrogens is 416 g/mol. The highest BCUT2D eigenvalue weighted by molar-refractivity contribution is 7.99. The van der Waals surface area contributed by atoms with Gasteiger partial charge in [0.15, 0.2) is 23.9 Å². The Balaban J connectivity index is 1.28. The van der Waals surface area contributed by atoms with E-state index in [1.54, 1.807) is 18.2 Å². The lowest BCUT2D eigenvalue weighted by Gasteiger charge is -2.19. The fourth-order valence-electron chi connectivity index (χ4n) is 2.98. The van der Waals surface area contributed by atoms with Crippen LogP contribution < -0.4 is 14.2 Å². The first kappa shape index (κ1) is 21.2. The first-order chi connectivity index (χ1) is 14.9. The van der Waals surface area contributed by atoms with Gasteiger partial charge in [-0.05, 0) is 41.3 Å². The predicted octanol–water partition coefficient (Wildman–Crippen LogP) is 4.69. The molecule has 0 radical (unpaired) electrons. The topological polar surface area (TPSA) is 83.7 Å². The first-order valence-corrected chi connectivity index (χ1v) is 11.0. The highest BCUT2D eigenvalue weighted by atomic mass is 32.2. The molecule has 1 aliphatic heterocycles. The number of ether oxygens (including phenoxy) is 3. The molecule has 2 heterocycles. The molecule has 0 spiro atoms. The van der Waals surface area contributed by atoms with Gasteiger partial charge in [-0.1, -0.05) is 44.7 Å². The number of hydrogen-bond acceptors (Lipinski definition) is 8. The van der Waals surface area contributed by atoms with Crippen LogP contribution in [0, 0.1) is 0 Å². The van der Waals surface area contributed by atoms with Gasteiger partial charge in [0.05, 0.1) is 5.75 Å². The predicted molar refractivity (Wildman–Crippen MR) is 116 cm³/mol. The summed E-state index contributed by atoms with van der Waals surface area (Å²) in [5, 5.41) is 8.29. The standard InChI is InChI=1S/C23H24N2O5S/c1-23(2,3)16-5-7-17(8-6-16)29-13-21-24-25-22(30-21)31-14-18(26)15-4-9-19-20(12-15)28-11-10-27-19/h4-9,12H,10-11,13-14H2,1-3H3. The van der Waals surface area contributed by atoms with Crippen molar-refractivity contribution in [1.29, 1.82) is 0 Å². The SMILES string of the molecule is CC(C)(C)c1ccc(OCc2nnc(SCC(=O)c3ccc4c(c3)OCCO4)o2)cc1. The van der Waals surface area contributed by atoms with E-state index in [1.165, 1.54) is 17.3 Å². The molecule has 0 saturated heterocycles. The average molecular weight is 441 g/mol. The maximum atomic E-state index is 12.5. The Labute approximate surface area is 185 Å². The minimum absolute atomic E-state index is 0.0584. The molecule has 3 aromatic rings. The van der Waals surface area contributed by atoms with Crippen LogP contribution in [-0.4, -0.2) is 34.9 Å². The number of thioether (sulfide) groups is 1. The van der Waals surface area contributed by atoms with Gasteiger partial charge in [0.25, 0.3) is 11.1 Å². The molecule has 4 rings (SSSR count). The summed E-state index contributed by atoms with van der Waals surface area (Å²) in [5.41, 5.74) is 1.88. The Morgan fingerprint density at radius 3 is 2.52 bits per heavy atom. The van der Waals surface area contributed by atoms with Crippen molar-refractivity contribution in [3.8, 4) is 17.2 Å². The number of carbonyl (C=O) groups is 1. The van der Waals surface area contributed by atoms with Crippen molar-refractivity contribution in [2.45, 2.75) is 38.0 Å². The Bertz CT molecular complexity index is 1060. The molecular formula is C23H24N2O5S. The Morgan fingerprint density at radius 2 is 1.77 bits per heavy atom. The van der Waals surface area contributed by atoms with Crippen LogP contribution in [-0.2, 0) is 12.0 Å². The molecule has 0 bridgehead atoms. The molecule has 0 saturated carbocycles. The van der Waals surface area contributed by atoms with Crippen molar-refractivity contribution < 1.29 is 23.4 Å². The van der Waals surface area contributed by atoms with E-state index in [4.69, 9.17) is 18.6 Å². The first-order valence-electron chi connectivity index (χ1n) is 10.00. The molecule has 1 aromatic heterocycles. The minimum Gasteiger partial charge on any atom is -0.486 e. The number of rotatable bonds is 7. The fourth-order valence-corrected chi connectivity index (χ4v) is 3.65. The Hall–Kier alpha value is -3.00. The number of ketones is 1. The third-order valence-electron chi connectivity index (χ3n) is 4.72. The van der Waals surface area contributed by atoms with Crippen LogP contribution in [0.2, 0.25) is 0 Å². The van der Waals surface area contributed by atoms with Crippen molar-refractivity contribution >= 4 is 17.5 Å². The van der Waals surface area contributed by atoms with Crippen LogP contribution in [0.25, 0.3) is 0 Å². The van der Waals surface area contributed by atoms with Crippen molar-refractivity contribution in [2.75, 3.05) is 19.0 Å². The van der Waals surface area contributed by atoms with Gasteiger partial charge < -0.3 is 18.6 Å². The highest BCUT2D eigenvalue weighted by Gasteiger charge is 2.17. The average Bonchev–Trinajstić information content (AvgIpc) is 3.23. The van der Waals surface area contributed by atoms with E-state index in [2.05, 4.69) is 31.0 Å². The van der Waals surface area contributed by atoms with Crippen LogP contribution in [0.3, 0.4) is 0 Å². The van der Waals surface area contributed by atoms with Crippen molar-refractivity contribution in [3.05, 3.63) is 59.5 Å². The number of carbonyl (C=O) groups excluding carboxylic acids is 1. The smallest absolute Gasteiger partial charge is 0.277 e. The largest absolute Gasteiger partial charge is 0.486 e. The number of hydrogen-bond donors (Lipinski definition) is 0. The fraction of sp³-hybridized carbons (Fsp3) is 0.348. The number of fused-ring (bicyclic) bond motifs is 1. The summed E-state index contributed by atoms with van der Waals surface area (Å²) in [6.07, 6.45) is 0. The van der Waals surface area contributed by atoms with Gasteiger partial charge in [0.1, 0.15) is 19.0 Å². The monoisotopic (exact) mass is 440 g/mol. The van der Waals surface area contributed by atoms with E-state index in [-0.39, 0.29) is 23.6 Å². The molecule has 1 aliphatic rings. The molecule has 0 unspecified atom stereocenters. The maximum absolute atomic E-state index is 12.5. The van der Waals surface area contributed by atoms with E-state index in [0.717, 1.165) is 5.75 Å². The van der Waals surface area contributed by atoms with Crippen LogP contribution in [0.1, 0.15) is 42.6 Å². The third kappa shape index (κ3) is 5.38. The van der Waals surface area contributed by atoms with Gasteiger partial charge in [-0.3, -0.25) is 4.79 Å². The van der Waals surface area contributed by atoms with Crippen molar-refractivity contribution in [1.82, 2.24) is 10.2 Å². The zero-order chi connectivity index (χ0) is 21.8. The lowest BCUT2D eigenvalue weighted by Crippen LogP contribution is -2.16. The molecule has 0 fully saturated rings. The number of benzene rings is 2. The molecule has 0 N–H and O–H groups in total. The second-order valence-corrected chi connectivity index (χ2v) is 9.02. The normalized spacial score (nSPS) is 13.1. The molecule has 7 nitrogen and oxygen atoms in total. The van der Waals surface area contributed by atoms with Crippen molar-refractivity contribution in [2.24, 2.45) is 0 Å². The van der Waals surface area contributed by atoms with E-state index in [0.29, 0.717) is 41.4 Å². The quantitative estimate of drug-likeness (QED) is 0.386. The second kappa shape index (κ2) is 9.01. The van der Waals surface area contributed by atoms with E-state index >= 15 is 0 Å². The summed E-state index contributed by atoms with van der Waals surface area (Å²) < 4.78 is 22.3. The van der Waals surface area contributed by atoms with E-state index in [9.17, 15) is 4.79 Å². The minimum atomic E-state index is -0.0584. The van der Waals surface area contributed by atoms with E-state index in [1.807, 2.05) is 24.3 Å². The summed E-state index contributed by atoms with van der Waals surface area (Å²) >= 11 is 1.19. The highest BCUT2D eigenvalue weighted by Crippen LogP contribution is 2.31. The summed E-state index contributed by atoms with van der Waals surface area (Å²) in [4.78, 5) is 12.5. The molecule has 162 valence electrons. The Morgan fingerprint density at radius 1 is 1.03 bits per heavy atom. The molecule has 0 aliphatic carbocycles. The van der Waals surface area contributed by atoms with E-state index < -0.39 is 0 Å². The van der Waals surface area contributed by atoms with Gasteiger partial charge in [-0.2, -0.15) is 0 Å². The zero-order valence-corrected chi connectivity index (χ0v) is 18.5. The van der Waals surface area contributed by atoms with Gasteiger partial charge in [-0.25, -0.2) is 0 Å². The van der Waals surface area contributed by atoms with Crippen molar-refractivity contribution in [3.63, 3.8) is 0 Å². The van der Waals surface area contributed by atoms with Crippen LogP contribution in [0.15, 0.2) is 52.1 Å². The van der Waals surface area contributed by atoms with Gasteiger partial charge >= 0.3 is 0 Å². The van der Waals surface area contributed by atoms with Crippen LogP contribution >= 0.6 is 11.8 Å². The summed E-state index contributed by atoms with van der Waals surface area (Å²) in [5.74, 6) is 2.45. The van der Waals surface area contributed by atoms with Crippen LogP contribution in [0.4, 0.5) is 0 Å². The Kier molecular flexibility index (Phi) is 6.18. The summed E-state index contributed by atoms with van der Waals surface area (Å²) in [6.45, 7) is 7.66. The third-order valence-corrected chi connectivity index (χ3v) is 5.54. The molecule has 8 heteroatoms. The second-order valence-electron chi connectivity index (χ2n) is 8.10. The number of nitrogens with zero attached hydrogens (tertiary/aromatic N) is 2. The molecule has 2 aromatic carbocycles.